The van der Waals surface area contributed by atoms with E-state index >= 15 is 0 Å². The van der Waals surface area contributed by atoms with Crippen molar-refractivity contribution in [3.63, 3.8) is 0 Å². The fraction of sp³-hybridized carbons (Fsp3) is 0.0370. The number of hydrogen-bond donors (Lipinski definition) is 0. The Morgan fingerprint density at radius 1 is 0.879 bits per heavy atom. The molecule has 0 bridgehead atoms. The summed E-state index contributed by atoms with van der Waals surface area (Å²) in [6.45, 7) is 0.440. The molecule has 0 aromatic heterocycles. The number of benzene rings is 4. The first-order valence-electron chi connectivity index (χ1n) is 10.3. The zero-order valence-electron chi connectivity index (χ0n) is 17.4. The quantitative estimate of drug-likeness (QED) is 0.259. The van der Waals surface area contributed by atoms with Gasteiger partial charge in [0, 0.05) is 0 Å². The number of halogens is 1. The summed E-state index contributed by atoms with van der Waals surface area (Å²) in [6.07, 6.45) is 1.73. The van der Waals surface area contributed by atoms with E-state index in [1.54, 1.807) is 30.3 Å². The fourth-order valence-corrected chi connectivity index (χ4v) is 5.07. The number of carbonyl (C=O) groups is 2. The molecule has 1 aliphatic heterocycles. The fourth-order valence-electron chi connectivity index (χ4n) is 3.72. The third kappa shape index (κ3) is 4.45. The van der Waals surface area contributed by atoms with E-state index in [0.29, 0.717) is 22.9 Å². The van der Waals surface area contributed by atoms with Crippen molar-refractivity contribution in [1.82, 2.24) is 0 Å². The molecule has 4 aromatic rings. The minimum absolute atomic E-state index is 0.299. The largest absolute Gasteiger partial charge is 0.488 e. The maximum absolute atomic E-state index is 12.8. The van der Waals surface area contributed by atoms with E-state index in [1.807, 2.05) is 42.5 Å². The van der Waals surface area contributed by atoms with Gasteiger partial charge in [-0.25, -0.2) is 4.90 Å². The van der Waals surface area contributed by atoms with E-state index in [1.165, 1.54) is 15.7 Å². The second-order valence-corrected chi connectivity index (χ2v) is 9.32. The minimum atomic E-state index is -0.316. The number of thioether (sulfide) groups is 1. The van der Waals surface area contributed by atoms with Crippen molar-refractivity contribution in [2.45, 2.75) is 6.61 Å². The number of fused-ring (bicyclic) bond motifs is 1. The second-order valence-electron chi connectivity index (χ2n) is 7.47. The van der Waals surface area contributed by atoms with Crippen LogP contribution in [-0.4, -0.2) is 11.1 Å². The average Bonchev–Trinajstić information content (AvgIpc) is 3.11. The summed E-state index contributed by atoms with van der Waals surface area (Å²) in [5, 5.41) is 2.05. The van der Waals surface area contributed by atoms with E-state index in [-0.39, 0.29) is 11.1 Å². The number of anilines is 1. The van der Waals surface area contributed by atoms with Gasteiger partial charge in [-0.15, -0.1) is 0 Å². The Bertz CT molecular complexity index is 1400. The molecule has 0 N–H and O–H groups in total. The van der Waals surface area contributed by atoms with Gasteiger partial charge in [-0.2, -0.15) is 0 Å². The summed E-state index contributed by atoms with van der Waals surface area (Å²) in [6, 6.07) is 29.0. The summed E-state index contributed by atoms with van der Waals surface area (Å²) in [5.74, 6) is 0.390. The lowest BCUT2D eigenvalue weighted by atomic mass is 10.1. The third-order valence-electron chi connectivity index (χ3n) is 5.32. The van der Waals surface area contributed by atoms with Crippen molar-refractivity contribution >= 4 is 61.4 Å². The number of amides is 2. The maximum atomic E-state index is 12.8. The third-order valence-corrected chi connectivity index (χ3v) is 6.81. The van der Waals surface area contributed by atoms with Crippen LogP contribution in [0.3, 0.4) is 0 Å². The van der Waals surface area contributed by atoms with Crippen LogP contribution in [0, 0.1) is 0 Å². The average molecular weight is 516 g/mol. The van der Waals surface area contributed by atoms with E-state index in [4.69, 9.17) is 4.74 Å². The molecule has 5 rings (SSSR count). The van der Waals surface area contributed by atoms with Gasteiger partial charge >= 0.3 is 0 Å². The van der Waals surface area contributed by atoms with Crippen LogP contribution in [0.25, 0.3) is 16.8 Å². The van der Waals surface area contributed by atoms with Crippen LogP contribution >= 0.6 is 27.7 Å². The predicted octanol–water partition coefficient (Wildman–Crippen LogP) is 7.42. The van der Waals surface area contributed by atoms with Gasteiger partial charge in [0.05, 0.1) is 15.1 Å². The molecule has 4 aromatic carbocycles. The number of carbonyl (C=O) groups excluding carboxylic acids is 2. The van der Waals surface area contributed by atoms with Gasteiger partial charge in [-0.05, 0) is 79.9 Å². The Labute approximate surface area is 204 Å². The molecule has 0 atom stereocenters. The van der Waals surface area contributed by atoms with E-state index in [0.717, 1.165) is 27.4 Å². The molecular weight excluding hydrogens is 498 g/mol. The van der Waals surface area contributed by atoms with Gasteiger partial charge in [0.15, 0.2) is 0 Å². The van der Waals surface area contributed by atoms with Crippen molar-refractivity contribution < 1.29 is 14.3 Å². The normalized spacial score (nSPS) is 14.9. The van der Waals surface area contributed by atoms with Gasteiger partial charge in [0.25, 0.3) is 11.1 Å². The van der Waals surface area contributed by atoms with Gasteiger partial charge < -0.3 is 4.74 Å². The molecule has 1 fully saturated rings. The van der Waals surface area contributed by atoms with Gasteiger partial charge in [-0.3, -0.25) is 9.59 Å². The van der Waals surface area contributed by atoms with Gasteiger partial charge in [0.2, 0.25) is 0 Å². The summed E-state index contributed by atoms with van der Waals surface area (Å²) < 4.78 is 6.84. The lowest BCUT2D eigenvalue weighted by Crippen LogP contribution is -2.27. The van der Waals surface area contributed by atoms with Crippen molar-refractivity contribution in [3.8, 4) is 5.75 Å². The van der Waals surface area contributed by atoms with Crippen molar-refractivity contribution in [2.24, 2.45) is 0 Å². The first kappa shape index (κ1) is 21.5. The number of ether oxygens (including phenoxy) is 1. The molecule has 0 saturated carbocycles. The van der Waals surface area contributed by atoms with Crippen LogP contribution in [0.1, 0.15) is 11.1 Å². The molecule has 1 aliphatic rings. The highest BCUT2D eigenvalue weighted by molar-refractivity contribution is 9.10. The van der Waals surface area contributed by atoms with Crippen LogP contribution in [0.15, 0.2) is 100 Å². The van der Waals surface area contributed by atoms with Crippen molar-refractivity contribution in [2.75, 3.05) is 4.90 Å². The van der Waals surface area contributed by atoms with Crippen LogP contribution < -0.4 is 9.64 Å². The minimum Gasteiger partial charge on any atom is -0.488 e. The van der Waals surface area contributed by atoms with E-state index in [2.05, 4.69) is 40.2 Å². The Kier molecular flexibility index (Phi) is 6.03. The predicted molar refractivity (Wildman–Crippen MR) is 137 cm³/mol. The summed E-state index contributed by atoms with van der Waals surface area (Å²) in [4.78, 5) is 26.8. The molecule has 1 heterocycles. The monoisotopic (exact) mass is 515 g/mol. The SMILES string of the molecule is O=C1S/C(=C\c2ccc(OCc3cccc4ccccc34)c(Br)c2)C(=O)N1c1ccccc1. The van der Waals surface area contributed by atoms with E-state index < -0.39 is 0 Å². The van der Waals surface area contributed by atoms with Crippen molar-refractivity contribution in [1.29, 1.82) is 0 Å². The van der Waals surface area contributed by atoms with Crippen LogP contribution in [0.4, 0.5) is 10.5 Å². The Morgan fingerprint density at radius 2 is 1.64 bits per heavy atom. The first-order valence-corrected chi connectivity index (χ1v) is 11.9. The lowest BCUT2D eigenvalue weighted by Gasteiger charge is -2.12. The molecule has 0 spiro atoms. The topological polar surface area (TPSA) is 46.6 Å². The first-order chi connectivity index (χ1) is 16.1. The Hall–Kier alpha value is -3.35. The molecule has 0 radical (unpaired) electrons. The molecule has 4 nitrogen and oxygen atoms in total. The highest BCUT2D eigenvalue weighted by Crippen LogP contribution is 2.36. The molecule has 6 heteroatoms. The molecule has 0 aliphatic carbocycles. The zero-order valence-corrected chi connectivity index (χ0v) is 19.8. The molecule has 0 unspecified atom stereocenters. The van der Waals surface area contributed by atoms with Crippen LogP contribution in [0.2, 0.25) is 0 Å². The highest BCUT2D eigenvalue weighted by Gasteiger charge is 2.36. The summed E-state index contributed by atoms with van der Waals surface area (Å²) >= 11 is 4.51. The van der Waals surface area contributed by atoms with Gasteiger partial charge in [-0.1, -0.05) is 66.7 Å². The number of nitrogens with zero attached hydrogens (tertiary/aromatic N) is 1. The Balaban J connectivity index is 1.33. The number of imide groups is 1. The van der Waals surface area contributed by atoms with Crippen LogP contribution in [0.5, 0.6) is 5.75 Å². The molecule has 33 heavy (non-hydrogen) atoms. The smallest absolute Gasteiger partial charge is 0.298 e. The molecular formula is C27H18BrNO3S. The number of hydrogen-bond acceptors (Lipinski definition) is 4. The summed E-state index contributed by atoms with van der Waals surface area (Å²) in [7, 11) is 0. The standard InChI is InChI=1S/C27H18BrNO3S/c28-23-15-18(16-25-26(30)29(27(31)33-25)21-10-2-1-3-11-21)13-14-24(23)32-17-20-9-6-8-19-7-4-5-12-22(19)20/h1-16H,17H2/b25-16-. The maximum Gasteiger partial charge on any atom is 0.298 e. The molecule has 162 valence electrons. The second kappa shape index (κ2) is 9.25. The van der Waals surface area contributed by atoms with Crippen molar-refractivity contribution in [3.05, 3.63) is 112 Å². The van der Waals surface area contributed by atoms with E-state index in [9.17, 15) is 9.59 Å². The Morgan fingerprint density at radius 3 is 2.45 bits per heavy atom. The molecule has 2 amide bonds. The number of para-hydroxylation sites is 1. The lowest BCUT2D eigenvalue weighted by molar-refractivity contribution is -0.113. The van der Waals surface area contributed by atoms with Gasteiger partial charge in [0.1, 0.15) is 12.4 Å². The number of rotatable bonds is 5. The highest BCUT2D eigenvalue weighted by atomic mass is 79.9. The van der Waals surface area contributed by atoms with Crippen LogP contribution in [-0.2, 0) is 11.4 Å². The zero-order chi connectivity index (χ0) is 22.8. The summed E-state index contributed by atoms with van der Waals surface area (Å²) in [5.41, 5.74) is 2.48. The molecule has 1 saturated heterocycles.